The summed E-state index contributed by atoms with van der Waals surface area (Å²) >= 11 is 0. The summed E-state index contributed by atoms with van der Waals surface area (Å²) in [6.07, 6.45) is 8.44. The maximum absolute atomic E-state index is 12.5. The van der Waals surface area contributed by atoms with Crippen molar-refractivity contribution in [3.05, 3.63) is 59.6 Å². The van der Waals surface area contributed by atoms with E-state index in [1.807, 2.05) is 0 Å². The minimum Gasteiger partial charge on any atom is -0.472 e. The lowest BCUT2D eigenvalue weighted by molar-refractivity contribution is -0.116. The van der Waals surface area contributed by atoms with Gasteiger partial charge in [-0.05, 0) is 61.2 Å². The number of hydrogen-bond donors (Lipinski definition) is 1. The molecule has 2 heterocycles. The SMILES string of the molecule is O=C(/C=C/c1ccoc1)NCCCCN1CCc2ccc(OS(=O)(=O)C(F)(F)F)cc2C1. The number of nitrogens with one attached hydrogen (secondary N) is 1. The zero-order valence-electron chi connectivity index (χ0n) is 17.1. The van der Waals surface area contributed by atoms with Gasteiger partial charge in [-0.2, -0.15) is 21.6 Å². The first-order valence-electron chi connectivity index (χ1n) is 9.97. The van der Waals surface area contributed by atoms with Crippen molar-refractivity contribution in [2.75, 3.05) is 19.6 Å². The number of alkyl halides is 3. The van der Waals surface area contributed by atoms with E-state index in [0.717, 1.165) is 42.6 Å². The molecule has 3 rings (SSSR count). The van der Waals surface area contributed by atoms with Crippen LogP contribution in [0.3, 0.4) is 0 Å². The summed E-state index contributed by atoms with van der Waals surface area (Å²) in [5.74, 6) is -0.548. The molecule has 1 aromatic heterocycles. The number of rotatable bonds is 9. The molecule has 7 nitrogen and oxygen atoms in total. The predicted octanol–water partition coefficient (Wildman–Crippen LogP) is 3.48. The second-order valence-electron chi connectivity index (χ2n) is 7.33. The molecule has 1 amide bonds. The Labute approximate surface area is 184 Å². The summed E-state index contributed by atoms with van der Waals surface area (Å²) in [6.45, 7) is 2.53. The molecule has 32 heavy (non-hydrogen) atoms. The van der Waals surface area contributed by atoms with Gasteiger partial charge in [0.05, 0.1) is 12.5 Å². The number of amides is 1. The molecule has 1 aliphatic rings. The number of carbonyl (C=O) groups is 1. The summed E-state index contributed by atoms with van der Waals surface area (Å²) in [7, 11) is -5.69. The Balaban J connectivity index is 1.42. The lowest BCUT2D eigenvalue weighted by atomic mass is 9.99. The highest BCUT2D eigenvalue weighted by atomic mass is 32.2. The number of fused-ring (bicyclic) bond motifs is 1. The van der Waals surface area contributed by atoms with Gasteiger partial charge in [0.25, 0.3) is 0 Å². The van der Waals surface area contributed by atoms with Gasteiger partial charge in [-0.15, -0.1) is 0 Å². The molecule has 0 radical (unpaired) electrons. The van der Waals surface area contributed by atoms with E-state index >= 15 is 0 Å². The number of hydrogen-bond acceptors (Lipinski definition) is 6. The lowest BCUT2D eigenvalue weighted by Gasteiger charge is -2.29. The molecular weight excluding hydrogens is 449 g/mol. The van der Waals surface area contributed by atoms with Gasteiger partial charge < -0.3 is 13.9 Å². The highest BCUT2D eigenvalue weighted by Gasteiger charge is 2.48. The van der Waals surface area contributed by atoms with E-state index in [1.165, 1.54) is 30.7 Å². The quantitative estimate of drug-likeness (QED) is 0.260. The van der Waals surface area contributed by atoms with Gasteiger partial charge in [-0.1, -0.05) is 6.07 Å². The van der Waals surface area contributed by atoms with Crippen LogP contribution in [0.4, 0.5) is 13.2 Å². The Hall–Kier alpha value is -2.79. The topological polar surface area (TPSA) is 88.8 Å². The van der Waals surface area contributed by atoms with Crippen LogP contribution >= 0.6 is 0 Å². The van der Waals surface area contributed by atoms with Crippen molar-refractivity contribution < 1.29 is 35.0 Å². The maximum atomic E-state index is 12.5. The Morgan fingerprint density at radius 2 is 2.03 bits per heavy atom. The number of carbonyl (C=O) groups excluding carboxylic acids is 1. The molecule has 0 bridgehead atoms. The largest absolute Gasteiger partial charge is 0.534 e. The van der Waals surface area contributed by atoms with E-state index in [1.54, 1.807) is 18.2 Å². The smallest absolute Gasteiger partial charge is 0.472 e. The standard InChI is InChI=1S/C21H23F3N2O5S/c22-21(23,24)32(28,29)31-19-5-4-17-7-11-26(14-18(17)13-19)10-2-1-9-25-20(27)6-3-16-8-12-30-15-16/h3-6,8,12-13,15H,1-2,7,9-11,14H2,(H,25,27)/b6-3+. The third kappa shape index (κ3) is 6.60. The van der Waals surface area contributed by atoms with Crippen LogP contribution in [0, 0.1) is 0 Å². The average Bonchev–Trinajstić information content (AvgIpc) is 3.24. The van der Waals surface area contributed by atoms with Crippen molar-refractivity contribution in [3.8, 4) is 5.75 Å². The molecule has 0 atom stereocenters. The minimum atomic E-state index is -5.69. The molecule has 1 N–H and O–H groups in total. The van der Waals surface area contributed by atoms with Crippen molar-refractivity contribution in [3.63, 3.8) is 0 Å². The Bertz CT molecular complexity index is 1050. The van der Waals surface area contributed by atoms with Crippen molar-refractivity contribution in [1.82, 2.24) is 10.2 Å². The van der Waals surface area contributed by atoms with Crippen LogP contribution in [0.2, 0.25) is 0 Å². The molecule has 11 heteroatoms. The van der Waals surface area contributed by atoms with Gasteiger partial charge in [-0.3, -0.25) is 9.69 Å². The first kappa shape index (κ1) is 23.9. The number of furan rings is 1. The van der Waals surface area contributed by atoms with E-state index in [9.17, 15) is 26.4 Å². The number of nitrogens with zero attached hydrogens (tertiary/aromatic N) is 1. The highest BCUT2D eigenvalue weighted by Crippen LogP contribution is 2.29. The number of halogens is 3. The van der Waals surface area contributed by atoms with Gasteiger partial charge in [0.1, 0.15) is 5.75 Å². The summed E-state index contributed by atoms with van der Waals surface area (Å²) in [6, 6.07) is 5.92. The van der Waals surface area contributed by atoms with Crippen LogP contribution < -0.4 is 9.50 Å². The zero-order valence-corrected chi connectivity index (χ0v) is 17.9. The molecule has 2 aromatic rings. The van der Waals surface area contributed by atoms with Crippen LogP contribution in [0.1, 0.15) is 29.5 Å². The third-order valence-corrected chi connectivity index (χ3v) is 5.91. The van der Waals surface area contributed by atoms with Crippen molar-refractivity contribution in [2.24, 2.45) is 0 Å². The Morgan fingerprint density at radius 3 is 2.75 bits per heavy atom. The molecule has 0 aliphatic carbocycles. The molecule has 174 valence electrons. The molecule has 1 aliphatic heterocycles. The van der Waals surface area contributed by atoms with Crippen LogP contribution in [0.25, 0.3) is 6.08 Å². The zero-order chi connectivity index (χ0) is 23.2. The molecule has 0 unspecified atom stereocenters. The fourth-order valence-corrected chi connectivity index (χ4v) is 3.73. The molecule has 0 spiro atoms. The number of unbranched alkanes of at least 4 members (excludes halogenated alkanes) is 1. The van der Waals surface area contributed by atoms with Crippen molar-refractivity contribution >= 4 is 22.1 Å². The Morgan fingerprint density at radius 1 is 1.22 bits per heavy atom. The van der Waals surface area contributed by atoms with Gasteiger partial charge in [-0.25, -0.2) is 0 Å². The molecule has 0 saturated heterocycles. The third-order valence-electron chi connectivity index (χ3n) is 4.93. The molecule has 1 aromatic carbocycles. The van der Waals surface area contributed by atoms with Crippen molar-refractivity contribution in [2.45, 2.75) is 31.3 Å². The second kappa shape index (κ2) is 10.2. The lowest BCUT2D eigenvalue weighted by Crippen LogP contribution is -2.32. The van der Waals surface area contributed by atoms with Gasteiger partial charge in [0.2, 0.25) is 5.91 Å². The van der Waals surface area contributed by atoms with E-state index in [4.69, 9.17) is 4.42 Å². The predicted molar refractivity (Wildman–Crippen MR) is 111 cm³/mol. The molecular formula is C21H23F3N2O5S. The summed E-state index contributed by atoms with van der Waals surface area (Å²) < 4.78 is 69.1. The van der Waals surface area contributed by atoms with E-state index in [2.05, 4.69) is 14.4 Å². The van der Waals surface area contributed by atoms with Gasteiger partial charge >= 0.3 is 15.6 Å². The van der Waals surface area contributed by atoms with Crippen molar-refractivity contribution in [1.29, 1.82) is 0 Å². The Kier molecular flexibility index (Phi) is 7.62. The minimum absolute atomic E-state index is 0.195. The first-order chi connectivity index (χ1) is 15.1. The fraction of sp³-hybridized carbons (Fsp3) is 0.381. The fourth-order valence-electron chi connectivity index (χ4n) is 3.28. The van der Waals surface area contributed by atoms with E-state index in [-0.39, 0.29) is 11.7 Å². The molecule has 0 saturated carbocycles. The van der Waals surface area contributed by atoms with Crippen LogP contribution in [-0.4, -0.2) is 44.4 Å². The summed E-state index contributed by atoms with van der Waals surface area (Å²) in [5.41, 5.74) is -2.98. The van der Waals surface area contributed by atoms with Crippen LogP contribution in [0.15, 0.2) is 47.3 Å². The average molecular weight is 472 g/mol. The van der Waals surface area contributed by atoms with Crippen LogP contribution in [0.5, 0.6) is 5.75 Å². The first-order valence-corrected chi connectivity index (χ1v) is 11.4. The maximum Gasteiger partial charge on any atom is 0.534 e. The second-order valence-corrected chi connectivity index (χ2v) is 8.87. The molecule has 0 fully saturated rings. The van der Waals surface area contributed by atoms with Crippen LogP contribution in [-0.2, 0) is 27.9 Å². The normalized spacial score (nSPS) is 15.0. The number of benzene rings is 1. The highest BCUT2D eigenvalue weighted by molar-refractivity contribution is 7.88. The monoisotopic (exact) mass is 472 g/mol. The van der Waals surface area contributed by atoms with E-state index < -0.39 is 15.6 Å². The van der Waals surface area contributed by atoms with E-state index in [0.29, 0.717) is 19.5 Å². The summed E-state index contributed by atoms with van der Waals surface area (Å²) in [5, 5.41) is 2.80. The summed E-state index contributed by atoms with van der Waals surface area (Å²) in [4.78, 5) is 13.9. The van der Waals surface area contributed by atoms with Gasteiger partial charge in [0.15, 0.2) is 0 Å². The van der Waals surface area contributed by atoms with Gasteiger partial charge in [0, 0.05) is 31.3 Å².